The molecular weight excluding hydrogens is 436 g/mol. The molecule has 2 bridgehead atoms. The molecule has 0 radical (unpaired) electrons. The zero-order valence-corrected chi connectivity index (χ0v) is 20.1. The van der Waals surface area contributed by atoms with E-state index >= 15 is 0 Å². The molecule has 2 heterocycles. The van der Waals surface area contributed by atoms with Crippen LogP contribution in [0.4, 0.5) is 5.69 Å². The van der Waals surface area contributed by atoms with Crippen molar-refractivity contribution in [1.82, 2.24) is 4.90 Å². The van der Waals surface area contributed by atoms with Crippen molar-refractivity contribution in [1.29, 1.82) is 0 Å². The lowest BCUT2D eigenvalue weighted by molar-refractivity contribution is -0.184. The van der Waals surface area contributed by atoms with Crippen LogP contribution in [-0.4, -0.2) is 52.5 Å². The van der Waals surface area contributed by atoms with E-state index in [9.17, 15) is 10.2 Å². The predicted octanol–water partition coefficient (Wildman–Crippen LogP) is 4.25. The number of aliphatic hydroxyl groups is 1. The second-order valence-electron chi connectivity index (χ2n) is 10.9. The maximum Gasteiger partial charge on any atom is 0.165 e. The SMILES string of the molecule is CN1CC[C@]23c4c5ccc(O)c4O[C@H]2C(N(Cc2ccccc2)c2ccccc2)CC[C@@]3(O)[C@H]1C5. The standard InChI is InChI=1S/C30H32N2O3/c1-31-17-16-29-26-21-12-13-24(33)27(26)35-28(29)23(14-15-30(29,34)25(31)18-21)32(22-10-6-3-7-11-22)19-20-8-4-2-5-9-20/h2-13,23,25,28,33-34H,14-19H2,1H3/t23?,25-,28+,29+,30-/m1/s1. The van der Waals surface area contributed by atoms with E-state index in [1.165, 1.54) is 11.1 Å². The Morgan fingerprint density at radius 1 is 1.00 bits per heavy atom. The minimum atomic E-state index is -0.873. The topological polar surface area (TPSA) is 56.2 Å². The van der Waals surface area contributed by atoms with Crippen molar-refractivity contribution in [3.8, 4) is 11.5 Å². The lowest BCUT2D eigenvalue weighted by Crippen LogP contribution is -2.77. The van der Waals surface area contributed by atoms with Crippen molar-refractivity contribution >= 4 is 5.69 Å². The van der Waals surface area contributed by atoms with Crippen LogP contribution in [0.3, 0.4) is 0 Å². The summed E-state index contributed by atoms with van der Waals surface area (Å²) in [7, 11) is 2.14. The summed E-state index contributed by atoms with van der Waals surface area (Å²) >= 11 is 0. The highest BCUT2D eigenvalue weighted by molar-refractivity contribution is 5.63. The lowest BCUT2D eigenvalue weighted by atomic mass is 9.48. The molecule has 2 fully saturated rings. The van der Waals surface area contributed by atoms with Gasteiger partial charge in [-0.1, -0.05) is 54.6 Å². The largest absolute Gasteiger partial charge is 0.504 e. The number of hydrogen-bond donors (Lipinski definition) is 2. The molecule has 5 heteroatoms. The number of rotatable bonds is 4. The molecule has 1 saturated heterocycles. The van der Waals surface area contributed by atoms with Gasteiger partial charge in [0.1, 0.15) is 6.10 Å². The molecule has 2 aliphatic carbocycles. The molecule has 35 heavy (non-hydrogen) atoms. The molecule has 5 atom stereocenters. The maximum absolute atomic E-state index is 12.5. The highest BCUT2D eigenvalue weighted by Gasteiger charge is 2.73. The van der Waals surface area contributed by atoms with Crippen molar-refractivity contribution in [2.24, 2.45) is 0 Å². The van der Waals surface area contributed by atoms with E-state index in [-0.39, 0.29) is 23.9 Å². The van der Waals surface area contributed by atoms with Gasteiger partial charge in [0.25, 0.3) is 0 Å². The van der Waals surface area contributed by atoms with Crippen LogP contribution >= 0.6 is 0 Å². The van der Waals surface area contributed by atoms with Gasteiger partial charge >= 0.3 is 0 Å². The molecule has 1 saturated carbocycles. The number of benzene rings is 3. The van der Waals surface area contributed by atoms with Crippen LogP contribution in [0, 0.1) is 0 Å². The first-order valence-electron chi connectivity index (χ1n) is 12.8. The monoisotopic (exact) mass is 468 g/mol. The molecule has 3 aromatic rings. The molecule has 3 aromatic carbocycles. The smallest absolute Gasteiger partial charge is 0.165 e. The summed E-state index contributed by atoms with van der Waals surface area (Å²) in [4.78, 5) is 4.81. The van der Waals surface area contributed by atoms with Crippen LogP contribution < -0.4 is 9.64 Å². The zero-order chi connectivity index (χ0) is 23.8. The molecule has 1 unspecified atom stereocenters. The van der Waals surface area contributed by atoms with E-state index in [0.717, 1.165) is 50.0 Å². The van der Waals surface area contributed by atoms with Gasteiger partial charge in [0.15, 0.2) is 11.5 Å². The Labute approximate surface area is 206 Å². The molecule has 0 amide bonds. The van der Waals surface area contributed by atoms with Gasteiger partial charge < -0.3 is 24.7 Å². The lowest BCUT2D eigenvalue weighted by Gasteiger charge is -2.64. The number of phenolic OH excluding ortho intramolecular Hbond substituents is 1. The minimum absolute atomic E-state index is 0.0607. The number of nitrogens with zero attached hydrogens (tertiary/aromatic N) is 2. The fourth-order valence-electron chi connectivity index (χ4n) is 7.85. The molecule has 2 N–H and O–H groups in total. The van der Waals surface area contributed by atoms with E-state index in [1.807, 2.05) is 0 Å². The summed E-state index contributed by atoms with van der Waals surface area (Å²) in [6, 6.07) is 25.1. The summed E-state index contributed by atoms with van der Waals surface area (Å²) in [6.45, 7) is 1.68. The summed E-state index contributed by atoms with van der Waals surface area (Å²) in [6.07, 6.45) is 2.95. The average Bonchev–Trinajstić information content (AvgIpc) is 3.24. The van der Waals surface area contributed by atoms with E-state index in [4.69, 9.17) is 4.74 Å². The Morgan fingerprint density at radius 2 is 1.74 bits per heavy atom. The summed E-state index contributed by atoms with van der Waals surface area (Å²) in [5.41, 5.74) is 3.32. The number of para-hydroxylation sites is 1. The first kappa shape index (κ1) is 21.3. The molecule has 0 aromatic heterocycles. The van der Waals surface area contributed by atoms with Crippen molar-refractivity contribution in [3.63, 3.8) is 0 Å². The second kappa shape index (κ2) is 7.49. The fourth-order valence-corrected chi connectivity index (χ4v) is 7.85. The molecule has 2 aliphatic heterocycles. The Morgan fingerprint density at radius 3 is 2.51 bits per heavy atom. The Hall–Kier alpha value is -3.02. The summed E-state index contributed by atoms with van der Waals surface area (Å²) < 4.78 is 6.79. The summed E-state index contributed by atoms with van der Waals surface area (Å²) in [5.74, 6) is 0.800. The second-order valence-corrected chi connectivity index (χ2v) is 10.9. The average molecular weight is 469 g/mol. The molecular formula is C30H32N2O3. The van der Waals surface area contributed by atoms with Gasteiger partial charge in [0, 0.05) is 23.8 Å². The fraction of sp³-hybridized carbons (Fsp3) is 0.400. The van der Waals surface area contributed by atoms with Gasteiger partial charge in [-0.2, -0.15) is 0 Å². The van der Waals surface area contributed by atoms with Gasteiger partial charge in [-0.3, -0.25) is 0 Å². The number of anilines is 1. The van der Waals surface area contributed by atoms with Crippen LogP contribution in [0.5, 0.6) is 11.5 Å². The van der Waals surface area contributed by atoms with E-state index in [0.29, 0.717) is 5.75 Å². The van der Waals surface area contributed by atoms with Crippen molar-refractivity contribution < 1.29 is 14.9 Å². The van der Waals surface area contributed by atoms with Crippen molar-refractivity contribution in [3.05, 3.63) is 89.5 Å². The highest BCUT2D eigenvalue weighted by Crippen LogP contribution is 2.65. The van der Waals surface area contributed by atoms with E-state index in [2.05, 4.69) is 83.6 Å². The normalized spacial score (nSPS) is 32.6. The number of aromatic hydroxyl groups is 1. The van der Waals surface area contributed by atoms with Crippen LogP contribution in [-0.2, 0) is 18.4 Å². The van der Waals surface area contributed by atoms with Gasteiger partial charge in [-0.05, 0) is 68.6 Å². The van der Waals surface area contributed by atoms with Crippen molar-refractivity contribution in [2.45, 2.75) is 61.4 Å². The molecule has 180 valence electrons. The minimum Gasteiger partial charge on any atom is -0.504 e. The van der Waals surface area contributed by atoms with Gasteiger partial charge in [0.2, 0.25) is 0 Å². The third kappa shape index (κ3) is 2.77. The third-order valence-electron chi connectivity index (χ3n) is 9.38. The Balaban J connectivity index is 1.39. The quantitative estimate of drug-likeness (QED) is 0.600. The predicted molar refractivity (Wildman–Crippen MR) is 136 cm³/mol. The number of piperidine rings is 1. The van der Waals surface area contributed by atoms with Gasteiger partial charge in [0.05, 0.1) is 17.1 Å². The molecule has 4 aliphatic rings. The Kier molecular flexibility index (Phi) is 4.55. The molecule has 1 spiro atoms. The third-order valence-corrected chi connectivity index (χ3v) is 9.38. The van der Waals surface area contributed by atoms with E-state index < -0.39 is 11.0 Å². The van der Waals surface area contributed by atoms with Crippen LogP contribution in [0.15, 0.2) is 72.8 Å². The number of likely N-dealkylation sites (N-methyl/N-ethyl adjacent to an activating group) is 1. The van der Waals surface area contributed by atoms with Crippen LogP contribution in [0.25, 0.3) is 0 Å². The highest BCUT2D eigenvalue weighted by atomic mass is 16.5. The number of phenols is 1. The van der Waals surface area contributed by atoms with Crippen molar-refractivity contribution in [2.75, 3.05) is 18.5 Å². The van der Waals surface area contributed by atoms with Crippen LogP contribution in [0.2, 0.25) is 0 Å². The number of hydrogen-bond acceptors (Lipinski definition) is 5. The van der Waals surface area contributed by atoms with E-state index in [1.54, 1.807) is 6.07 Å². The zero-order valence-electron chi connectivity index (χ0n) is 20.1. The van der Waals surface area contributed by atoms with Gasteiger partial charge in [-0.15, -0.1) is 0 Å². The van der Waals surface area contributed by atoms with Crippen LogP contribution in [0.1, 0.15) is 36.0 Å². The Bertz CT molecular complexity index is 1270. The number of likely N-dealkylation sites (tertiary alicyclic amines) is 1. The molecule has 5 nitrogen and oxygen atoms in total. The molecule has 7 rings (SSSR count). The first-order valence-corrected chi connectivity index (χ1v) is 12.8. The first-order chi connectivity index (χ1) is 17.0. The maximum atomic E-state index is 12.5. The van der Waals surface area contributed by atoms with Gasteiger partial charge in [-0.25, -0.2) is 0 Å². The summed E-state index contributed by atoms with van der Waals surface area (Å²) in [5, 5.41) is 23.4. The number of ether oxygens (including phenoxy) is 1.